The summed E-state index contributed by atoms with van der Waals surface area (Å²) < 4.78 is 27.5. The Morgan fingerprint density at radius 1 is 1.17 bits per heavy atom. The SMILES string of the molecule is CC(C)OCCCNC(=O)C(=O)Nc1ccc(S(N)(=O)=O)cc1. The average molecular weight is 343 g/mol. The van der Waals surface area contributed by atoms with Gasteiger partial charge in [-0.15, -0.1) is 0 Å². The Bertz CT molecular complexity index is 641. The number of ether oxygens (including phenoxy) is 1. The number of anilines is 1. The minimum Gasteiger partial charge on any atom is -0.379 e. The molecule has 128 valence electrons. The topological polar surface area (TPSA) is 128 Å². The van der Waals surface area contributed by atoms with Crippen molar-refractivity contribution in [2.75, 3.05) is 18.5 Å². The number of carbonyl (C=O) groups is 2. The molecule has 9 heteroatoms. The lowest BCUT2D eigenvalue weighted by molar-refractivity contribution is -0.136. The van der Waals surface area contributed by atoms with E-state index in [1.807, 2.05) is 13.8 Å². The molecule has 0 saturated heterocycles. The Hall–Kier alpha value is -1.97. The molecule has 1 aromatic rings. The zero-order valence-corrected chi connectivity index (χ0v) is 13.9. The van der Waals surface area contributed by atoms with Gasteiger partial charge in [-0.3, -0.25) is 9.59 Å². The van der Waals surface area contributed by atoms with Crippen molar-refractivity contribution < 1.29 is 22.7 Å². The summed E-state index contributed by atoms with van der Waals surface area (Å²) in [5.41, 5.74) is 0.292. The molecule has 0 aliphatic carbocycles. The first-order valence-electron chi connectivity index (χ1n) is 7.04. The van der Waals surface area contributed by atoms with E-state index in [1.165, 1.54) is 24.3 Å². The zero-order valence-electron chi connectivity index (χ0n) is 13.0. The fraction of sp³-hybridized carbons (Fsp3) is 0.429. The molecule has 0 aliphatic rings. The summed E-state index contributed by atoms with van der Waals surface area (Å²) in [6.07, 6.45) is 0.717. The first-order valence-corrected chi connectivity index (χ1v) is 8.58. The fourth-order valence-electron chi connectivity index (χ4n) is 1.59. The Morgan fingerprint density at radius 3 is 2.30 bits per heavy atom. The van der Waals surface area contributed by atoms with Crippen LogP contribution in [-0.2, 0) is 24.3 Å². The number of hydrogen-bond donors (Lipinski definition) is 3. The molecule has 4 N–H and O–H groups in total. The van der Waals surface area contributed by atoms with Gasteiger partial charge in [0.2, 0.25) is 10.0 Å². The van der Waals surface area contributed by atoms with Gasteiger partial charge in [-0.05, 0) is 44.5 Å². The summed E-state index contributed by atoms with van der Waals surface area (Å²) in [6.45, 7) is 4.64. The van der Waals surface area contributed by atoms with Gasteiger partial charge in [0.05, 0.1) is 11.0 Å². The van der Waals surface area contributed by atoms with E-state index >= 15 is 0 Å². The molecule has 0 saturated carbocycles. The predicted molar refractivity (Wildman–Crippen MR) is 85.2 cm³/mol. The van der Waals surface area contributed by atoms with Crippen LogP contribution in [0.3, 0.4) is 0 Å². The Balaban J connectivity index is 2.42. The molecule has 0 fully saturated rings. The van der Waals surface area contributed by atoms with E-state index in [4.69, 9.17) is 9.88 Å². The van der Waals surface area contributed by atoms with Crippen molar-refractivity contribution in [2.24, 2.45) is 5.14 Å². The molecular formula is C14H21N3O5S. The third kappa shape index (κ3) is 7.22. The van der Waals surface area contributed by atoms with Crippen molar-refractivity contribution in [3.05, 3.63) is 24.3 Å². The molecule has 0 aliphatic heterocycles. The lowest BCUT2D eigenvalue weighted by Gasteiger charge is -2.09. The molecule has 0 unspecified atom stereocenters. The van der Waals surface area contributed by atoms with E-state index in [2.05, 4.69) is 10.6 Å². The summed E-state index contributed by atoms with van der Waals surface area (Å²) in [5.74, 6) is -1.61. The van der Waals surface area contributed by atoms with E-state index in [9.17, 15) is 18.0 Å². The number of carbonyl (C=O) groups excluding carboxylic acids is 2. The second kappa shape index (κ2) is 8.61. The monoisotopic (exact) mass is 343 g/mol. The maximum atomic E-state index is 11.7. The molecule has 0 radical (unpaired) electrons. The van der Waals surface area contributed by atoms with Crippen molar-refractivity contribution in [1.29, 1.82) is 0 Å². The molecular weight excluding hydrogens is 322 g/mol. The molecule has 2 amide bonds. The van der Waals surface area contributed by atoms with Gasteiger partial charge in [0, 0.05) is 18.8 Å². The van der Waals surface area contributed by atoms with Crippen LogP contribution in [0.15, 0.2) is 29.2 Å². The number of benzene rings is 1. The minimum absolute atomic E-state index is 0.0786. The largest absolute Gasteiger partial charge is 0.379 e. The third-order valence-electron chi connectivity index (χ3n) is 2.70. The summed E-state index contributed by atoms with van der Waals surface area (Å²) >= 11 is 0. The highest BCUT2D eigenvalue weighted by Crippen LogP contribution is 2.12. The highest BCUT2D eigenvalue weighted by molar-refractivity contribution is 7.89. The van der Waals surface area contributed by atoms with Crippen LogP contribution in [0.4, 0.5) is 5.69 Å². The quantitative estimate of drug-likeness (QED) is 0.481. The van der Waals surface area contributed by atoms with Crippen molar-refractivity contribution in [2.45, 2.75) is 31.3 Å². The molecule has 0 atom stereocenters. The molecule has 23 heavy (non-hydrogen) atoms. The first kappa shape index (κ1) is 19.1. The summed E-state index contributed by atoms with van der Waals surface area (Å²) in [5, 5.41) is 9.79. The summed E-state index contributed by atoms with van der Waals surface area (Å²) in [6, 6.07) is 5.18. The molecule has 8 nitrogen and oxygen atoms in total. The Kier molecular flexibility index (Phi) is 7.14. The molecule has 0 aromatic heterocycles. The van der Waals surface area contributed by atoms with Gasteiger partial charge in [0.15, 0.2) is 0 Å². The maximum absolute atomic E-state index is 11.7. The lowest BCUT2D eigenvalue weighted by atomic mass is 10.3. The smallest absolute Gasteiger partial charge is 0.313 e. The van der Waals surface area contributed by atoms with Crippen LogP contribution in [0.5, 0.6) is 0 Å². The van der Waals surface area contributed by atoms with Gasteiger partial charge in [-0.25, -0.2) is 13.6 Å². The number of amides is 2. The molecule has 0 bridgehead atoms. The number of nitrogens with two attached hydrogens (primary N) is 1. The van der Waals surface area contributed by atoms with Crippen LogP contribution < -0.4 is 15.8 Å². The average Bonchev–Trinajstić information content (AvgIpc) is 2.46. The van der Waals surface area contributed by atoms with Crippen LogP contribution in [0.1, 0.15) is 20.3 Å². The number of rotatable bonds is 7. The van der Waals surface area contributed by atoms with Gasteiger partial charge in [-0.1, -0.05) is 0 Å². The van der Waals surface area contributed by atoms with Gasteiger partial charge < -0.3 is 15.4 Å². The van der Waals surface area contributed by atoms with Crippen LogP contribution in [0.25, 0.3) is 0 Å². The number of primary sulfonamides is 1. The van der Waals surface area contributed by atoms with E-state index < -0.39 is 21.8 Å². The third-order valence-corrected chi connectivity index (χ3v) is 3.63. The van der Waals surface area contributed by atoms with Gasteiger partial charge in [0.1, 0.15) is 0 Å². The van der Waals surface area contributed by atoms with Crippen LogP contribution >= 0.6 is 0 Å². The van der Waals surface area contributed by atoms with E-state index in [1.54, 1.807) is 0 Å². The summed E-state index contributed by atoms with van der Waals surface area (Å²) in [7, 11) is -3.79. The highest BCUT2D eigenvalue weighted by atomic mass is 32.2. The Labute approximate surface area is 135 Å². The van der Waals surface area contributed by atoms with Crippen LogP contribution in [0.2, 0.25) is 0 Å². The normalized spacial score (nSPS) is 11.3. The van der Waals surface area contributed by atoms with Crippen LogP contribution in [0, 0.1) is 0 Å². The summed E-state index contributed by atoms with van der Waals surface area (Å²) in [4.78, 5) is 23.2. The van der Waals surface area contributed by atoms with Gasteiger partial charge in [0.25, 0.3) is 0 Å². The minimum atomic E-state index is -3.79. The molecule has 1 aromatic carbocycles. The molecule has 1 rings (SSSR count). The predicted octanol–water partition coefficient (Wildman–Crippen LogP) is 0.204. The van der Waals surface area contributed by atoms with E-state index in [0.717, 1.165) is 0 Å². The number of nitrogens with one attached hydrogen (secondary N) is 2. The van der Waals surface area contributed by atoms with Gasteiger partial charge in [-0.2, -0.15) is 0 Å². The van der Waals surface area contributed by atoms with Crippen molar-refractivity contribution >= 4 is 27.5 Å². The number of hydrogen-bond acceptors (Lipinski definition) is 5. The number of sulfonamides is 1. The zero-order chi connectivity index (χ0) is 17.5. The second-order valence-electron chi connectivity index (χ2n) is 5.05. The Morgan fingerprint density at radius 2 is 1.78 bits per heavy atom. The highest BCUT2D eigenvalue weighted by Gasteiger charge is 2.14. The van der Waals surface area contributed by atoms with E-state index in [-0.39, 0.29) is 11.0 Å². The lowest BCUT2D eigenvalue weighted by Crippen LogP contribution is -2.36. The van der Waals surface area contributed by atoms with E-state index in [0.29, 0.717) is 25.3 Å². The molecule has 0 spiro atoms. The van der Waals surface area contributed by atoms with Crippen molar-refractivity contribution in [3.8, 4) is 0 Å². The first-order chi connectivity index (χ1) is 10.7. The fourth-order valence-corrected chi connectivity index (χ4v) is 2.10. The van der Waals surface area contributed by atoms with Crippen molar-refractivity contribution in [3.63, 3.8) is 0 Å². The van der Waals surface area contributed by atoms with Crippen LogP contribution in [-0.4, -0.2) is 39.5 Å². The van der Waals surface area contributed by atoms with Gasteiger partial charge >= 0.3 is 11.8 Å². The second-order valence-corrected chi connectivity index (χ2v) is 6.61. The molecule has 0 heterocycles. The van der Waals surface area contributed by atoms with Crippen molar-refractivity contribution in [1.82, 2.24) is 5.32 Å². The maximum Gasteiger partial charge on any atom is 0.313 e. The standard InChI is InChI=1S/C14H21N3O5S/c1-10(2)22-9-3-8-16-13(18)14(19)17-11-4-6-12(7-5-11)23(15,20)21/h4-7,10H,3,8-9H2,1-2H3,(H,16,18)(H,17,19)(H2,15,20,21).